The Kier molecular flexibility index (Phi) is 7.07. The van der Waals surface area contributed by atoms with E-state index in [0.29, 0.717) is 19.0 Å². The first-order valence-corrected chi connectivity index (χ1v) is 13.4. The minimum absolute atomic E-state index is 0.131. The van der Waals surface area contributed by atoms with E-state index in [0.717, 1.165) is 47.4 Å². The number of ether oxygens (including phenoxy) is 1. The number of rotatable bonds is 8. The average molecular weight is 518 g/mol. The number of methoxy groups -OCH3 is 1. The number of nitrogens with zero attached hydrogens (tertiary/aromatic N) is 4. The molecule has 1 fully saturated rings. The second kappa shape index (κ2) is 10.3. The Balaban J connectivity index is 1.32. The maximum absolute atomic E-state index is 14.5. The molecule has 1 saturated carbocycles. The van der Waals surface area contributed by atoms with E-state index in [1.54, 1.807) is 11.8 Å². The molecule has 2 aliphatic rings. The number of pyridine rings is 3. The number of aromatic nitrogens is 3. The molecule has 1 N–H and O–H groups in total. The summed E-state index contributed by atoms with van der Waals surface area (Å²) in [6.45, 7) is 8.82. The monoisotopic (exact) mass is 517 g/mol. The van der Waals surface area contributed by atoms with E-state index in [-0.39, 0.29) is 22.9 Å². The zero-order chi connectivity index (χ0) is 27.0. The van der Waals surface area contributed by atoms with Crippen LogP contribution in [0.25, 0.3) is 11.3 Å². The van der Waals surface area contributed by atoms with Crippen molar-refractivity contribution in [3.05, 3.63) is 64.9 Å². The first-order valence-electron chi connectivity index (χ1n) is 13.4. The summed E-state index contributed by atoms with van der Waals surface area (Å²) in [6, 6.07) is 8.01. The highest BCUT2D eigenvalue weighted by Gasteiger charge is 2.35. The number of likely N-dealkylation sites (N-methyl/N-ethyl adjacent to an activating group) is 1. The molecule has 8 heteroatoms. The minimum atomic E-state index is -0.659. The molecular formula is C30H36FN5O2. The Hall–Kier alpha value is -3.55. The van der Waals surface area contributed by atoms with Crippen molar-refractivity contribution in [3.63, 3.8) is 0 Å². The van der Waals surface area contributed by atoms with Gasteiger partial charge in [0.15, 0.2) is 0 Å². The quantitative estimate of drug-likeness (QED) is 0.417. The standard InChI is InChI=1S/C30H36FN5O2/c1-6-36(29(37)18(2)23-14-27(38-5)33-16-25(23)31)17-30(4)12-11-21-13-24(19(3)34-28(21)35-30)26-10-9-22(15-32-26)20-7-8-20/h9-10,13-16,18,20H,6-8,11-12,17H2,1-5H3,(H,34,35)/t18-,30-/m1/s1. The number of anilines is 1. The molecular weight excluding hydrogens is 481 g/mol. The fourth-order valence-corrected chi connectivity index (χ4v) is 5.36. The molecule has 3 aromatic rings. The summed E-state index contributed by atoms with van der Waals surface area (Å²) < 4.78 is 19.7. The first-order chi connectivity index (χ1) is 18.2. The summed E-state index contributed by atoms with van der Waals surface area (Å²) in [4.78, 5) is 28.8. The highest BCUT2D eigenvalue weighted by Crippen LogP contribution is 2.40. The third kappa shape index (κ3) is 5.22. The van der Waals surface area contributed by atoms with Gasteiger partial charge in [-0.15, -0.1) is 0 Å². The molecule has 0 saturated heterocycles. The Bertz CT molecular complexity index is 1340. The van der Waals surface area contributed by atoms with Gasteiger partial charge in [-0.25, -0.2) is 14.4 Å². The van der Waals surface area contributed by atoms with Crippen molar-refractivity contribution in [2.75, 3.05) is 25.5 Å². The lowest BCUT2D eigenvalue weighted by Crippen LogP contribution is -2.51. The van der Waals surface area contributed by atoms with E-state index in [1.165, 1.54) is 31.6 Å². The third-order valence-corrected chi connectivity index (χ3v) is 7.91. The fourth-order valence-electron chi connectivity index (χ4n) is 5.36. The topological polar surface area (TPSA) is 80.2 Å². The molecule has 4 heterocycles. The molecule has 0 spiro atoms. The van der Waals surface area contributed by atoms with Crippen LogP contribution in [0.4, 0.5) is 10.2 Å². The van der Waals surface area contributed by atoms with Crippen LogP contribution in [0.3, 0.4) is 0 Å². The van der Waals surface area contributed by atoms with Gasteiger partial charge in [0.25, 0.3) is 0 Å². The maximum atomic E-state index is 14.5. The van der Waals surface area contributed by atoms with Crippen LogP contribution in [0.2, 0.25) is 0 Å². The zero-order valence-electron chi connectivity index (χ0n) is 22.8. The number of halogens is 1. The highest BCUT2D eigenvalue weighted by atomic mass is 19.1. The Morgan fingerprint density at radius 3 is 2.71 bits per heavy atom. The zero-order valence-corrected chi connectivity index (χ0v) is 22.8. The lowest BCUT2D eigenvalue weighted by atomic mass is 9.87. The predicted octanol–water partition coefficient (Wildman–Crippen LogP) is 5.64. The molecule has 7 nitrogen and oxygen atoms in total. The summed E-state index contributed by atoms with van der Waals surface area (Å²) in [5.74, 6) is 0.533. The number of carbonyl (C=O) groups is 1. The van der Waals surface area contributed by atoms with Crippen LogP contribution < -0.4 is 10.1 Å². The largest absolute Gasteiger partial charge is 0.481 e. The van der Waals surface area contributed by atoms with Gasteiger partial charge in [-0.3, -0.25) is 9.78 Å². The van der Waals surface area contributed by atoms with Crippen molar-refractivity contribution >= 4 is 11.7 Å². The van der Waals surface area contributed by atoms with Crippen molar-refractivity contribution in [2.45, 2.75) is 70.8 Å². The molecule has 5 rings (SSSR count). The minimum Gasteiger partial charge on any atom is -0.481 e. The van der Waals surface area contributed by atoms with Crippen LogP contribution in [0.5, 0.6) is 5.88 Å². The number of hydrogen-bond acceptors (Lipinski definition) is 6. The van der Waals surface area contributed by atoms with Crippen molar-refractivity contribution in [3.8, 4) is 17.1 Å². The van der Waals surface area contributed by atoms with E-state index in [9.17, 15) is 9.18 Å². The summed E-state index contributed by atoms with van der Waals surface area (Å²) in [5.41, 5.74) is 5.34. The average Bonchev–Trinajstić information content (AvgIpc) is 3.77. The van der Waals surface area contributed by atoms with E-state index in [1.807, 2.05) is 20.0 Å². The van der Waals surface area contributed by atoms with Crippen molar-refractivity contribution in [1.82, 2.24) is 19.9 Å². The summed E-state index contributed by atoms with van der Waals surface area (Å²) in [6.07, 6.45) is 7.33. The number of fused-ring (bicyclic) bond motifs is 1. The second-order valence-electron chi connectivity index (χ2n) is 10.9. The van der Waals surface area contributed by atoms with Crippen LogP contribution in [-0.4, -0.2) is 51.5 Å². The van der Waals surface area contributed by atoms with Crippen molar-refractivity contribution in [1.29, 1.82) is 0 Å². The SMILES string of the molecule is CCN(C[C@@]1(C)CCc2cc(-c3ccc(C4CC4)cn3)c(C)nc2N1)C(=O)[C@H](C)c1cc(OC)ncc1F. The Morgan fingerprint density at radius 2 is 2.05 bits per heavy atom. The Labute approximate surface area is 223 Å². The van der Waals surface area contributed by atoms with Gasteiger partial charge in [0.2, 0.25) is 11.8 Å². The van der Waals surface area contributed by atoms with Crippen LogP contribution in [-0.2, 0) is 11.2 Å². The summed E-state index contributed by atoms with van der Waals surface area (Å²) in [5, 5.41) is 3.62. The van der Waals surface area contributed by atoms with Gasteiger partial charge in [-0.2, -0.15) is 0 Å². The molecule has 0 radical (unpaired) electrons. The number of aryl methyl sites for hydroxylation is 2. The normalized spacial score (nSPS) is 19.3. The third-order valence-electron chi connectivity index (χ3n) is 7.91. The van der Waals surface area contributed by atoms with Crippen LogP contribution in [0.15, 0.2) is 36.7 Å². The highest BCUT2D eigenvalue weighted by molar-refractivity contribution is 5.83. The van der Waals surface area contributed by atoms with Gasteiger partial charge in [-0.05, 0) is 82.6 Å². The van der Waals surface area contributed by atoms with E-state index in [2.05, 4.69) is 35.4 Å². The molecule has 38 heavy (non-hydrogen) atoms. The summed E-state index contributed by atoms with van der Waals surface area (Å²) >= 11 is 0. The number of hydrogen-bond donors (Lipinski definition) is 1. The smallest absolute Gasteiger partial charge is 0.230 e. The van der Waals surface area contributed by atoms with Gasteiger partial charge in [-0.1, -0.05) is 6.07 Å². The summed E-state index contributed by atoms with van der Waals surface area (Å²) in [7, 11) is 1.47. The molecule has 1 aliphatic carbocycles. The lowest BCUT2D eigenvalue weighted by molar-refractivity contribution is -0.133. The molecule has 0 unspecified atom stereocenters. The molecule has 1 amide bonds. The molecule has 0 aromatic carbocycles. The maximum Gasteiger partial charge on any atom is 0.230 e. The van der Waals surface area contributed by atoms with E-state index < -0.39 is 11.7 Å². The van der Waals surface area contributed by atoms with Crippen molar-refractivity contribution in [2.24, 2.45) is 0 Å². The van der Waals surface area contributed by atoms with Gasteiger partial charge < -0.3 is 15.0 Å². The van der Waals surface area contributed by atoms with E-state index in [4.69, 9.17) is 14.7 Å². The number of nitrogens with one attached hydrogen (secondary N) is 1. The van der Waals surface area contributed by atoms with Crippen LogP contribution in [0, 0.1) is 12.7 Å². The van der Waals surface area contributed by atoms with Crippen LogP contribution in [0.1, 0.15) is 74.3 Å². The van der Waals surface area contributed by atoms with Crippen molar-refractivity contribution < 1.29 is 13.9 Å². The number of carbonyl (C=O) groups excluding carboxylic acids is 1. The Morgan fingerprint density at radius 1 is 1.26 bits per heavy atom. The molecule has 3 aromatic heterocycles. The predicted molar refractivity (Wildman–Crippen MR) is 146 cm³/mol. The first kappa shape index (κ1) is 26.1. The fraction of sp³-hybridized carbons (Fsp3) is 0.467. The van der Waals surface area contributed by atoms with Gasteiger partial charge in [0.1, 0.15) is 11.6 Å². The van der Waals surface area contributed by atoms with Gasteiger partial charge >= 0.3 is 0 Å². The van der Waals surface area contributed by atoms with E-state index >= 15 is 0 Å². The molecule has 2 atom stereocenters. The lowest BCUT2D eigenvalue weighted by Gasteiger charge is -2.40. The number of amides is 1. The van der Waals surface area contributed by atoms with Gasteiger partial charge in [0.05, 0.1) is 30.5 Å². The molecule has 0 bridgehead atoms. The molecule has 200 valence electrons. The van der Waals surface area contributed by atoms with Crippen LogP contribution >= 0.6 is 0 Å². The molecule has 1 aliphatic heterocycles. The van der Waals surface area contributed by atoms with Gasteiger partial charge in [0, 0.05) is 42.2 Å². The second-order valence-corrected chi connectivity index (χ2v) is 10.9.